The van der Waals surface area contributed by atoms with Crippen LogP contribution in [-0.4, -0.2) is 4.98 Å². The Hall–Kier alpha value is -1.10. The molecule has 0 aliphatic rings. The first-order chi connectivity index (χ1) is 8.47. The van der Waals surface area contributed by atoms with E-state index in [1.807, 2.05) is 32.0 Å². The fourth-order valence-electron chi connectivity index (χ4n) is 1.38. The summed E-state index contributed by atoms with van der Waals surface area (Å²) in [7, 11) is 0. The number of benzene rings is 1. The summed E-state index contributed by atoms with van der Waals surface area (Å²) in [5, 5.41) is 1.50. The van der Waals surface area contributed by atoms with Gasteiger partial charge in [-0.3, -0.25) is 0 Å². The molecule has 5 heteroatoms. The van der Waals surface area contributed by atoms with E-state index in [9.17, 15) is 0 Å². The summed E-state index contributed by atoms with van der Waals surface area (Å²) in [4.78, 5) is 5.34. The first-order valence-corrected chi connectivity index (χ1v) is 6.77. The van der Waals surface area contributed by atoms with Crippen LogP contribution in [0, 0.1) is 0 Å². The number of nitrogens with zero attached hydrogens (tertiary/aromatic N) is 1. The Bertz CT molecular complexity index is 534. The van der Waals surface area contributed by atoms with Gasteiger partial charge in [0, 0.05) is 16.6 Å². The highest BCUT2D eigenvalue weighted by atomic mass is 35.5. The largest absolute Gasteiger partial charge is 0.485 e. The van der Waals surface area contributed by atoms with Crippen molar-refractivity contribution in [1.29, 1.82) is 0 Å². The van der Waals surface area contributed by atoms with Crippen LogP contribution in [-0.2, 0) is 12.1 Å². The lowest BCUT2D eigenvalue weighted by molar-refractivity contribution is 0.306. The highest BCUT2D eigenvalue weighted by molar-refractivity contribution is 7.11. The highest BCUT2D eigenvalue weighted by Gasteiger charge is 2.17. The molecule has 3 nitrogen and oxygen atoms in total. The molecule has 0 fully saturated rings. The van der Waals surface area contributed by atoms with Gasteiger partial charge in [0.25, 0.3) is 0 Å². The summed E-state index contributed by atoms with van der Waals surface area (Å²) in [5.41, 5.74) is 5.65. The van der Waals surface area contributed by atoms with Crippen molar-refractivity contribution in [1.82, 2.24) is 4.98 Å². The molecule has 0 saturated carbocycles. The predicted molar refractivity (Wildman–Crippen MR) is 75.1 cm³/mol. The third-order valence-electron chi connectivity index (χ3n) is 2.38. The third kappa shape index (κ3) is 3.22. The molecule has 96 valence electrons. The average Bonchev–Trinajstić information content (AvgIpc) is 2.76. The fraction of sp³-hybridized carbons (Fsp3) is 0.308. The number of hydrogen-bond donors (Lipinski definition) is 1. The monoisotopic (exact) mass is 282 g/mol. The van der Waals surface area contributed by atoms with E-state index in [-0.39, 0.29) is 5.54 Å². The Labute approximate surface area is 116 Å². The number of hydrogen-bond acceptors (Lipinski definition) is 4. The Morgan fingerprint density at radius 1 is 1.39 bits per heavy atom. The highest BCUT2D eigenvalue weighted by Crippen LogP contribution is 2.27. The van der Waals surface area contributed by atoms with Crippen molar-refractivity contribution in [2.45, 2.75) is 26.0 Å². The number of ether oxygens (including phenoxy) is 1. The van der Waals surface area contributed by atoms with Gasteiger partial charge in [0.1, 0.15) is 17.4 Å². The van der Waals surface area contributed by atoms with Crippen LogP contribution in [0.25, 0.3) is 0 Å². The van der Waals surface area contributed by atoms with Crippen molar-refractivity contribution in [3.63, 3.8) is 0 Å². The maximum Gasteiger partial charge on any atom is 0.140 e. The van der Waals surface area contributed by atoms with Crippen LogP contribution in [0.4, 0.5) is 0 Å². The second-order valence-electron chi connectivity index (χ2n) is 4.56. The molecule has 1 aromatic carbocycles. The number of thiazole rings is 1. The molecule has 0 atom stereocenters. The van der Waals surface area contributed by atoms with Gasteiger partial charge in [-0.2, -0.15) is 0 Å². The molecule has 0 amide bonds. The zero-order valence-electron chi connectivity index (χ0n) is 10.3. The Morgan fingerprint density at radius 2 is 2.11 bits per heavy atom. The Kier molecular flexibility index (Phi) is 3.90. The minimum Gasteiger partial charge on any atom is -0.485 e. The third-order valence-corrected chi connectivity index (χ3v) is 4.00. The number of halogens is 1. The van der Waals surface area contributed by atoms with Gasteiger partial charge in [-0.15, -0.1) is 11.3 Å². The topological polar surface area (TPSA) is 48.1 Å². The maximum absolute atomic E-state index is 6.01. The second-order valence-corrected chi connectivity index (χ2v) is 6.08. The van der Waals surface area contributed by atoms with E-state index in [1.54, 1.807) is 23.6 Å². The van der Waals surface area contributed by atoms with E-state index in [1.165, 1.54) is 0 Å². The maximum atomic E-state index is 6.01. The summed E-state index contributed by atoms with van der Waals surface area (Å²) in [6.07, 6.45) is 1.80. The molecular formula is C13H15ClN2OS. The van der Waals surface area contributed by atoms with Crippen LogP contribution < -0.4 is 10.5 Å². The number of para-hydroxylation sites is 1. The van der Waals surface area contributed by atoms with Gasteiger partial charge in [-0.25, -0.2) is 4.98 Å². The van der Waals surface area contributed by atoms with Crippen LogP contribution in [0.1, 0.15) is 23.7 Å². The Balaban J connectivity index is 2.03. The smallest absolute Gasteiger partial charge is 0.140 e. The molecule has 0 spiro atoms. The Morgan fingerprint density at radius 3 is 2.72 bits per heavy atom. The van der Waals surface area contributed by atoms with Gasteiger partial charge in [0.05, 0.1) is 5.02 Å². The van der Waals surface area contributed by atoms with Crippen LogP contribution in [0.2, 0.25) is 5.02 Å². The quantitative estimate of drug-likeness (QED) is 0.932. The van der Waals surface area contributed by atoms with Crippen molar-refractivity contribution >= 4 is 22.9 Å². The first kappa shape index (κ1) is 13.3. The molecular weight excluding hydrogens is 268 g/mol. The standard InChI is InChI=1S/C13H15ClN2OS/c1-13(2,15)11-7-16-12(18-11)8-17-10-6-4-3-5-9(10)14/h3-7H,8,15H2,1-2H3. The van der Waals surface area contributed by atoms with Gasteiger partial charge in [0.15, 0.2) is 0 Å². The van der Waals surface area contributed by atoms with Crippen molar-refractivity contribution in [2.24, 2.45) is 5.73 Å². The summed E-state index contributed by atoms with van der Waals surface area (Å²) in [6.45, 7) is 4.32. The van der Waals surface area contributed by atoms with Crippen molar-refractivity contribution in [2.75, 3.05) is 0 Å². The molecule has 2 N–H and O–H groups in total. The minimum atomic E-state index is -0.361. The van der Waals surface area contributed by atoms with Crippen LogP contribution in [0.15, 0.2) is 30.5 Å². The molecule has 0 unspecified atom stereocenters. The van der Waals surface area contributed by atoms with E-state index < -0.39 is 0 Å². The van der Waals surface area contributed by atoms with Crippen molar-refractivity contribution in [3.8, 4) is 5.75 Å². The zero-order valence-corrected chi connectivity index (χ0v) is 11.9. The van der Waals surface area contributed by atoms with Gasteiger partial charge in [0.2, 0.25) is 0 Å². The molecule has 2 aromatic rings. The van der Waals surface area contributed by atoms with Crippen molar-refractivity contribution in [3.05, 3.63) is 45.4 Å². The van der Waals surface area contributed by atoms with E-state index in [0.29, 0.717) is 17.4 Å². The van der Waals surface area contributed by atoms with Gasteiger partial charge < -0.3 is 10.5 Å². The van der Waals surface area contributed by atoms with Crippen molar-refractivity contribution < 1.29 is 4.74 Å². The molecule has 1 heterocycles. The molecule has 0 aliphatic carbocycles. The number of rotatable bonds is 4. The molecule has 2 rings (SSSR count). The molecule has 18 heavy (non-hydrogen) atoms. The van der Waals surface area contributed by atoms with Gasteiger partial charge in [-0.05, 0) is 26.0 Å². The SMILES string of the molecule is CC(C)(N)c1cnc(COc2ccccc2Cl)s1. The lowest BCUT2D eigenvalue weighted by Crippen LogP contribution is -2.27. The van der Waals surface area contributed by atoms with E-state index in [2.05, 4.69) is 4.98 Å². The second kappa shape index (κ2) is 5.26. The predicted octanol–water partition coefficient (Wildman–Crippen LogP) is 3.57. The minimum absolute atomic E-state index is 0.361. The lowest BCUT2D eigenvalue weighted by Gasteiger charge is -2.14. The van der Waals surface area contributed by atoms with Crippen LogP contribution >= 0.6 is 22.9 Å². The van der Waals surface area contributed by atoms with E-state index in [0.717, 1.165) is 9.88 Å². The average molecular weight is 283 g/mol. The zero-order chi connectivity index (χ0) is 13.2. The molecule has 0 saturated heterocycles. The van der Waals surface area contributed by atoms with Crippen LogP contribution in [0.3, 0.4) is 0 Å². The molecule has 0 aliphatic heterocycles. The number of nitrogens with two attached hydrogens (primary N) is 1. The van der Waals surface area contributed by atoms with Gasteiger partial charge >= 0.3 is 0 Å². The summed E-state index contributed by atoms with van der Waals surface area (Å²) in [6, 6.07) is 7.39. The normalized spacial score (nSPS) is 11.6. The first-order valence-electron chi connectivity index (χ1n) is 5.58. The lowest BCUT2D eigenvalue weighted by atomic mass is 10.1. The molecule has 0 bridgehead atoms. The molecule has 0 radical (unpaired) electrons. The summed E-state index contributed by atoms with van der Waals surface area (Å²) >= 11 is 7.57. The summed E-state index contributed by atoms with van der Waals surface area (Å²) < 4.78 is 5.62. The summed E-state index contributed by atoms with van der Waals surface area (Å²) in [5.74, 6) is 0.669. The van der Waals surface area contributed by atoms with E-state index in [4.69, 9.17) is 22.1 Å². The fourth-order valence-corrected chi connectivity index (χ4v) is 2.41. The van der Waals surface area contributed by atoms with Gasteiger partial charge in [-0.1, -0.05) is 23.7 Å². The van der Waals surface area contributed by atoms with Crippen LogP contribution in [0.5, 0.6) is 5.75 Å². The molecule has 1 aromatic heterocycles. The van der Waals surface area contributed by atoms with E-state index >= 15 is 0 Å². The number of aromatic nitrogens is 1.